The number of fused-ring (bicyclic) bond motifs is 3. The van der Waals surface area contributed by atoms with Crippen LogP contribution < -0.4 is 5.73 Å². The van der Waals surface area contributed by atoms with Crippen molar-refractivity contribution in [1.29, 1.82) is 0 Å². The number of piperazine rings is 1. The van der Waals surface area contributed by atoms with Gasteiger partial charge in [0, 0.05) is 43.4 Å². The van der Waals surface area contributed by atoms with Gasteiger partial charge in [0.1, 0.15) is 6.10 Å². The van der Waals surface area contributed by atoms with E-state index in [1.54, 1.807) is 20.2 Å². The van der Waals surface area contributed by atoms with Crippen LogP contribution in [0.15, 0.2) is 12.3 Å². The minimum Gasteiger partial charge on any atom is -0.398 e. The number of nitrogens with zero attached hydrogens (tertiary/aromatic N) is 3. The predicted octanol–water partition coefficient (Wildman–Crippen LogP) is 1.69. The van der Waals surface area contributed by atoms with Gasteiger partial charge in [-0.25, -0.2) is 0 Å². The molecule has 3 atom stereocenters. The van der Waals surface area contributed by atoms with Crippen molar-refractivity contribution in [2.75, 3.05) is 25.9 Å². The molecule has 1 aromatic carbocycles. The van der Waals surface area contributed by atoms with Crippen LogP contribution in [-0.2, 0) is 9.53 Å². The molecule has 8 heteroatoms. The summed E-state index contributed by atoms with van der Waals surface area (Å²) in [5, 5.41) is 7.87. The maximum atomic E-state index is 13.5. The molecule has 2 aromatic rings. The number of nitrogens with one attached hydrogen (secondary N) is 1. The molecule has 0 spiro atoms. The summed E-state index contributed by atoms with van der Waals surface area (Å²) < 4.78 is 5.24. The fourth-order valence-corrected chi connectivity index (χ4v) is 4.57. The number of anilines is 1. The summed E-state index contributed by atoms with van der Waals surface area (Å²) in [6, 6.07) is 1.97. The molecule has 0 aliphatic carbocycles. The number of rotatable bonds is 3. The molecule has 3 heterocycles. The van der Waals surface area contributed by atoms with Crippen LogP contribution in [0.4, 0.5) is 5.69 Å². The van der Waals surface area contributed by atoms with Crippen LogP contribution in [0, 0.1) is 6.92 Å². The van der Waals surface area contributed by atoms with E-state index in [0.29, 0.717) is 29.9 Å². The molecule has 2 bridgehead atoms. The number of likely N-dealkylation sites (tertiary alicyclic amines) is 1. The molecule has 0 radical (unpaired) electrons. The average Bonchev–Trinajstić information content (AvgIpc) is 3.13. The Morgan fingerprint density at radius 2 is 2.00 bits per heavy atom. The number of benzene rings is 1. The van der Waals surface area contributed by atoms with E-state index < -0.39 is 6.10 Å². The van der Waals surface area contributed by atoms with Gasteiger partial charge in [-0.1, -0.05) is 0 Å². The number of amides is 2. The number of carbonyl (C=O) groups is 2. The number of nitrogen functional groups attached to an aromatic ring is 1. The number of piperidine rings is 1. The third-order valence-electron chi connectivity index (χ3n) is 6.17. The van der Waals surface area contributed by atoms with Crippen molar-refractivity contribution >= 4 is 28.4 Å². The smallest absolute Gasteiger partial charge is 0.258 e. The monoisotopic (exact) mass is 385 g/mol. The van der Waals surface area contributed by atoms with E-state index in [2.05, 4.69) is 10.2 Å². The Morgan fingerprint density at radius 3 is 2.64 bits per heavy atom. The van der Waals surface area contributed by atoms with E-state index in [0.717, 1.165) is 30.2 Å². The summed E-state index contributed by atoms with van der Waals surface area (Å²) >= 11 is 0. The molecule has 2 amide bonds. The number of ether oxygens (including phenoxy) is 1. The molecule has 8 nitrogen and oxygen atoms in total. The number of methoxy groups -OCH3 is 1. The van der Waals surface area contributed by atoms with E-state index in [-0.39, 0.29) is 23.9 Å². The first-order chi connectivity index (χ1) is 13.4. The standard InChI is InChI=1S/C20H27N5O3/c1-11-7-13-8-22-23-18(13)16(17(11)21)20(27)24-9-14-5-4-6-15(10-24)25(14)19(26)12(2)28-3/h7-8,12,14-15H,4-6,9-10,21H2,1-3H3,(H,22,23). The molecular weight excluding hydrogens is 358 g/mol. The normalized spacial score (nSPS) is 23.1. The number of hydrogen-bond acceptors (Lipinski definition) is 5. The SMILES string of the molecule is COC(C)C(=O)N1C2CCCC1CN(C(=O)c1c(N)c(C)cc3cn[nH]c13)C2. The Morgan fingerprint density at radius 1 is 1.32 bits per heavy atom. The highest BCUT2D eigenvalue weighted by molar-refractivity contribution is 6.10. The Hall–Kier alpha value is -2.61. The van der Waals surface area contributed by atoms with Crippen molar-refractivity contribution in [3.05, 3.63) is 23.4 Å². The van der Waals surface area contributed by atoms with Crippen LogP contribution in [0.5, 0.6) is 0 Å². The zero-order chi connectivity index (χ0) is 20.0. The Labute approximate surface area is 164 Å². The summed E-state index contributed by atoms with van der Waals surface area (Å²) in [5.41, 5.74) is 8.79. The molecule has 28 heavy (non-hydrogen) atoms. The van der Waals surface area contributed by atoms with Crippen LogP contribution in [0.1, 0.15) is 42.1 Å². The summed E-state index contributed by atoms with van der Waals surface area (Å²) in [7, 11) is 1.55. The van der Waals surface area contributed by atoms with Crippen LogP contribution in [-0.4, -0.2) is 70.2 Å². The number of hydrogen-bond donors (Lipinski definition) is 2. The number of aryl methyl sites for hydroxylation is 1. The minimum absolute atomic E-state index is 0.00956. The topological polar surface area (TPSA) is 105 Å². The lowest BCUT2D eigenvalue weighted by Gasteiger charge is -2.50. The Kier molecular flexibility index (Phi) is 4.74. The van der Waals surface area contributed by atoms with Crippen LogP contribution >= 0.6 is 0 Å². The highest BCUT2D eigenvalue weighted by atomic mass is 16.5. The largest absolute Gasteiger partial charge is 0.398 e. The zero-order valence-electron chi connectivity index (χ0n) is 16.6. The summed E-state index contributed by atoms with van der Waals surface area (Å²) in [5.74, 6) is -0.0884. The highest BCUT2D eigenvalue weighted by Crippen LogP contribution is 2.33. The van der Waals surface area contributed by atoms with Gasteiger partial charge in [-0.2, -0.15) is 5.10 Å². The Balaban J connectivity index is 1.64. The lowest BCUT2D eigenvalue weighted by molar-refractivity contribution is -0.152. The second-order valence-corrected chi connectivity index (χ2v) is 7.89. The molecular formula is C20H27N5O3. The molecule has 2 aliphatic heterocycles. The quantitative estimate of drug-likeness (QED) is 0.783. The number of nitrogens with two attached hydrogens (primary N) is 1. The first-order valence-corrected chi connectivity index (χ1v) is 9.78. The van der Waals surface area contributed by atoms with Crippen LogP contribution in [0.25, 0.3) is 10.9 Å². The third-order valence-corrected chi connectivity index (χ3v) is 6.17. The molecule has 0 saturated carbocycles. The molecule has 2 fully saturated rings. The van der Waals surface area contributed by atoms with Gasteiger partial charge in [0.25, 0.3) is 11.8 Å². The highest BCUT2D eigenvalue weighted by Gasteiger charge is 2.43. The number of aromatic nitrogens is 2. The van der Waals surface area contributed by atoms with Gasteiger partial charge in [-0.3, -0.25) is 14.7 Å². The zero-order valence-corrected chi connectivity index (χ0v) is 16.6. The third kappa shape index (κ3) is 2.92. The summed E-state index contributed by atoms with van der Waals surface area (Å²) in [6.07, 6.45) is 4.09. The fraction of sp³-hybridized carbons (Fsp3) is 0.550. The molecule has 2 saturated heterocycles. The lowest BCUT2D eigenvalue weighted by Crippen LogP contribution is -2.64. The van der Waals surface area contributed by atoms with Gasteiger partial charge in [0.2, 0.25) is 0 Å². The number of carbonyl (C=O) groups excluding carboxylic acids is 2. The lowest BCUT2D eigenvalue weighted by atomic mass is 9.90. The van der Waals surface area contributed by atoms with Gasteiger partial charge in [-0.05, 0) is 44.7 Å². The van der Waals surface area contributed by atoms with Gasteiger partial charge >= 0.3 is 0 Å². The van der Waals surface area contributed by atoms with Crippen molar-refractivity contribution in [1.82, 2.24) is 20.0 Å². The van der Waals surface area contributed by atoms with Crippen LogP contribution in [0.3, 0.4) is 0 Å². The van der Waals surface area contributed by atoms with E-state index in [1.807, 2.05) is 22.8 Å². The maximum Gasteiger partial charge on any atom is 0.258 e. The Bertz CT molecular complexity index is 910. The molecule has 1 aromatic heterocycles. The summed E-state index contributed by atoms with van der Waals surface area (Å²) in [6.45, 7) is 4.70. The maximum absolute atomic E-state index is 13.5. The molecule has 150 valence electrons. The van der Waals surface area contributed by atoms with Crippen LogP contribution in [0.2, 0.25) is 0 Å². The van der Waals surface area contributed by atoms with Gasteiger partial charge in [0.15, 0.2) is 0 Å². The fourth-order valence-electron chi connectivity index (χ4n) is 4.57. The van der Waals surface area contributed by atoms with Crippen molar-refractivity contribution in [3.8, 4) is 0 Å². The minimum atomic E-state index is -0.470. The average molecular weight is 385 g/mol. The second kappa shape index (κ2) is 7.09. The van der Waals surface area contributed by atoms with E-state index in [1.165, 1.54) is 0 Å². The van der Waals surface area contributed by atoms with Gasteiger partial charge in [0.05, 0.1) is 17.3 Å². The van der Waals surface area contributed by atoms with Crippen molar-refractivity contribution in [3.63, 3.8) is 0 Å². The van der Waals surface area contributed by atoms with E-state index in [4.69, 9.17) is 10.5 Å². The van der Waals surface area contributed by atoms with Gasteiger partial charge < -0.3 is 20.3 Å². The predicted molar refractivity (Wildman–Crippen MR) is 106 cm³/mol. The summed E-state index contributed by atoms with van der Waals surface area (Å²) in [4.78, 5) is 30.0. The number of aromatic amines is 1. The van der Waals surface area contributed by atoms with Crippen molar-refractivity contribution in [2.24, 2.45) is 0 Å². The first-order valence-electron chi connectivity index (χ1n) is 9.78. The molecule has 4 rings (SSSR count). The van der Waals surface area contributed by atoms with E-state index in [9.17, 15) is 9.59 Å². The van der Waals surface area contributed by atoms with Crippen molar-refractivity contribution in [2.45, 2.75) is 51.3 Å². The molecule has 3 unspecified atom stereocenters. The first kappa shape index (κ1) is 18.7. The second-order valence-electron chi connectivity index (χ2n) is 7.89. The van der Waals surface area contributed by atoms with Crippen molar-refractivity contribution < 1.29 is 14.3 Å². The van der Waals surface area contributed by atoms with Gasteiger partial charge in [-0.15, -0.1) is 0 Å². The van der Waals surface area contributed by atoms with E-state index >= 15 is 0 Å². The number of H-pyrrole nitrogens is 1. The molecule has 2 aliphatic rings. The molecule has 3 N–H and O–H groups in total.